The van der Waals surface area contributed by atoms with Crippen molar-refractivity contribution in [3.05, 3.63) is 17.5 Å². The van der Waals surface area contributed by atoms with Gasteiger partial charge in [0.05, 0.1) is 17.9 Å². The average molecular weight is 320 g/mol. The van der Waals surface area contributed by atoms with Crippen LogP contribution in [0.1, 0.15) is 62.1 Å². The van der Waals surface area contributed by atoms with E-state index in [0.717, 1.165) is 26.2 Å². The second-order valence-electron chi connectivity index (χ2n) is 7.43. The van der Waals surface area contributed by atoms with E-state index >= 15 is 0 Å². The number of likely N-dealkylation sites (N-methyl/N-ethyl adjacent to an activating group) is 2. The van der Waals surface area contributed by atoms with Crippen LogP contribution < -0.4 is 5.32 Å². The van der Waals surface area contributed by atoms with Gasteiger partial charge in [-0.3, -0.25) is 5.10 Å². The first-order valence-electron chi connectivity index (χ1n) is 9.22. The SMILES string of the molecule is CNCCN(C)Cc1c[nH]nc1C1CCC2(CCCCC2)OC1. The van der Waals surface area contributed by atoms with Gasteiger partial charge < -0.3 is 15.0 Å². The third-order valence-electron chi connectivity index (χ3n) is 5.63. The minimum Gasteiger partial charge on any atom is -0.374 e. The number of nitrogens with zero attached hydrogens (tertiary/aromatic N) is 2. The first-order chi connectivity index (χ1) is 11.2. The van der Waals surface area contributed by atoms with Crippen molar-refractivity contribution in [2.45, 2.75) is 63.0 Å². The summed E-state index contributed by atoms with van der Waals surface area (Å²) < 4.78 is 6.39. The highest BCUT2D eigenvalue weighted by Crippen LogP contribution is 2.42. The van der Waals surface area contributed by atoms with Gasteiger partial charge in [0.25, 0.3) is 0 Å². The van der Waals surface area contributed by atoms with E-state index in [2.05, 4.69) is 33.7 Å². The molecule has 0 aromatic carbocycles. The van der Waals surface area contributed by atoms with Gasteiger partial charge in [0.2, 0.25) is 0 Å². The molecule has 1 aromatic heterocycles. The van der Waals surface area contributed by atoms with Crippen molar-refractivity contribution >= 4 is 0 Å². The molecule has 2 N–H and O–H groups in total. The van der Waals surface area contributed by atoms with Crippen LogP contribution in [0.3, 0.4) is 0 Å². The van der Waals surface area contributed by atoms with Crippen LogP contribution in [0.5, 0.6) is 0 Å². The van der Waals surface area contributed by atoms with E-state index in [1.807, 2.05) is 7.05 Å². The summed E-state index contributed by atoms with van der Waals surface area (Å²) in [6, 6.07) is 0. The fraction of sp³-hybridized carbons (Fsp3) is 0.833. The Hall–Kier alpha value is -0.910. The number of hydrogen-bond acceptors (Lipinski definition) is 4. The van der Waals surface area contributed by atoms with Gasteiger partial charge in [-0.1, -0.05) is 19.3 Å². The Morgan fingerprint density at radius 2 is 2.17 bits per heavy atom. The maximum atomic E-state index is 6.39. The highest BCUT2D eigenvalue weighted by atomic mass is 16.5. The lowest BCUT2D eigenvalue weighted by Crippen LogP contribution is -2.40. The Labute approximate surface area is 140 Å². The molecule has 1 aromatic rings. The van der Waals surface area contributed by atoms with Gasteiger partial charge in [-0.2, -0.15) is 5.10 Å². The summed E-state index contributed by atoms with van der Waals surface area (Å²) in [6.07, 6.45) is 11.1. The lowest BCUT2D eigenvalue weighted by molar-refractivity contribution is -0.108. The molecule has 0 radical (unpaired) electrons. The monoisotopic (exact) mass is 320 g/mol. The molecule has 1 atom stereocenters. The zero-order valence-corrected chi connectivity index (χ0v) is 14.7. The fourth-order valence-electron chi connectivity index (χ4n) is 4.15. The summed E-state index contributed by atoms with van der Waals surface area (Å²) in [4.78, 5) is 2.34. The molecular weight excluding hydrogens is 288 g/mol. The molecule has 1 aliphatic carbocycles. The number of aromatic amines is 1. The third-order valence-corrected chi connectivity index (χ3v) is 5.63. The second-order valence-corrected chi connectivity index (χ2v) is 7.43. The Bertz CT molecular complexity index is 471. The van der Waals surface area contributed by atoms with Gasteiger partial charge in [-0.15, -0.1) is 0 Å². The Morgan fingerprint density at radius 1 is 1.35 bits per heavy atom. The van der Waals surface area contributed by atoms with Gasteiger partial charge in [0.1, 0.15) is 0 Å². The molecule has 5 heteroatoms. The summed E-state index contributed by atoms with van der Waals surface area (Å²) in [5, 5.41) is 10.8. The minimum atomic E-state index is 0.203. The minimum absolute atomic E-state index is 0.203. The lowest BCUT2D eigenvalue weighted by atomic mass is 9.77. The van der Waals surface area contributed by atoms with Crippen LogP contribution in [0, 0.1) is 0 Å². The predicted molar refractivity (Wildman–Crippen MR) is 92.6 cm³/mol. The number of H-pyrrole nitrogens is 1. The quantitative estimate of drug-likeness (QED) is 0.846. The normalized spacial score (nSPS) is 24.4. The van der Waals surface area contributed by atoms with Crippen molar-refractivity contribution in [2.24, 2.45) is 0 Å². The molecule has 1 spiro atoms. The van der Waals surface area contributed by atoms with Crippen LogP contribution in [0.2, 0.25) is 0 Å². The molecule has 3 rings (SSSR count). The molecule has 1 unspecified atom stereocenters. The fourth-order valence-corrected chi connectivity index (χ4v) is 4.15. The highest BCUT2D eigenvalue weighted by Gasteiger charge is 2.38. The van der Waals surface area contributed by atoms with Crippen molar-refractivity contribution < 1.29 is 4.74 Å². The van der Waals surface area contributed by atoms with Gasteiger partial charge in [0, 0.05) is 37.3 Å². The van der Waals surface area contributed by atoms with Crippen LogP contribution in [-0.4, -0.2) is 54.5 Å². The molecule has 1 saturated carbocycles. The first kappa shape index (κ1) is 16.9. The summed E-state index contributed by atoms with van der Waals surface area (Å²) in [7, 11) is 4.17. The summed E-state index contributed by atoms with van der Waals surface area (Å²) in [6.45, 7) is 3.86. The van der Waals surface area contributed by atoms with E-state index in [0.29, 0.717) is 5.92 Å². The van der Waals surface area contributed by atoms with E-state index in [1.165, 1.54) is 56.2 Å². The average Bonchev–Trinajstić information content (AvgIpc) is 3.02. The maximum Gasteiger partial charge on any atom is 0.0720 e. The van der Waals surface area contributed by atoms with Gasteiger partial charge >= 0.3 is 0 Å². The number of rotatable bonds is 6. The van der Waals surface area contributed by atoms with E-state index in [-0.39, 0.29) is 5.60 Å². The van der Waals surface area contributed by atoms with E-state index < -0.39 is 0 Å². The maximum absolute atomic E-state index is 6.39. The topological polar surface area (TPSA) is 53.2 Å². The van der Waals surface area contributed by atoms with Crippen LogP contribution in [0.4, 0.5) is 0 Å². The van der Waals surface area contributed by atoms with Crippen LogP contribution in [0.15, 0.2) is 6.20 Å². The molecule has 2 fully saturated rings. The molecule has 5 nitrogen and oxygen atoms in total. The number of ether oxygens (including phenoxy) is 1. The van der Waals surface area contributed by atoms with Crippen molar-refractivity contribution in [1.82, 2.24) is 20.4 Å². The summed E-state index contributed by atoms with van der Waals surface area (Å²) >= 11 is 0. The van der Waals surface area contributed by atoms with E-state index in [4.69, 9.17) is 4.74 Å². The summed E-state index contributed by atoms with van der Waals surface area (Å²) in [5.41, 5.74) is 2.76. The van der Waals surface area contributed by atoms with Crippen molar-refractivity contribution in [2.75, 3.05) is 33.8 Å². The zero-order valence-electron chi connectivity index (χ0n) is 14.7. The summed E-state index contributed by atoms with van der Waals surface area (Å²) in [5.74, 6) is 0.460. The van der Waals surface area contributed by atoms with Crippen LogP contribution in [0.25, 0.3) is 0 Å². The Morgan fingerprint density at radius 3 is 2.87 bits per heavy atom. The smallest absolute Gasteiger partial charge is 0.0720 e. The van der Waals surface area contributed by atoms with Gasteiger partial charge in [0.15, 0.2) is 0 Å². The molecule has 2 aliphatic rings. The molecule has 2 heterocycles. The van der Waals surface area contributed by atoms with Crippen molar-refractivity contribution in [3.8, 4) is 0 Å². The number of aromatic nitrogens is 2. The highest BCUT2D eigenvalue weighted by molar-refractivity contribution is 5.21. The third kappa shape index (κ3) is 4.14. The van der Waals surface area contributed by atoms with Crippen LogP contribution >= 0.6 is 0 Å². The largest absolute Gasteiger partial charge is 0.374 e. The molecule has 130 valence electrons. The molecule has 1 aliphatic heterocycles. The van der Waals surface area contributed by atoms with Gasteiger partial charge in [-0.05, 0) is 39.8 Å². The molecule has 0 amide bonds. The van der Waals surface area contributed by atoms with Gasteiger partial charge in [-0.25, -0.2) is 0 Å². The standard InChI is InChI=1S/C18H32N4O/c1-19-10-11-22(2)13-16-12-20-21-17(16)15-6-9-18(23-14-15)7-4-3-5-8-18/h12,15,19H,3-11,13-14H2,1-2H3,(H,20,21). The van der Waals surface area contributed by atoms with E-state index in [9.17, 15) is 0 Å². The number of hydrogen-bond donors (Lipinski definition) is 2. The molecule has 1 saturated heterocycles. The Kier molecular flexibility index (Phi) is 5.72. The molecular formula is C18H32N4O. The van der Waals surface area contributed by atoms with Crippen LogP contribution in [-0.2, 0) is 11.3 Å². The number of nitrogens with one attached hydrogen (secondary N) is 2. The van der Waals surface area contributed by atoms with E-state index in [1.54, 1.807) is 0 Å². The zero-order chi connectivity index (χ0) is 16.1. The second kappa shape index (κ2) is 7.77. The van der Waals surface area contributed by atoms with Crippen molar-refractivity contribution in [3.63, 3.8) is 0 Å². The molecule has 23 heavy (non-hydrogen) atoms. The predicted octanol–water partition coefficient (Wildman–Crippen LogP) is 2.66. The van der Waals surface area contributed by atoms with Crippen molar-refractivity contribution in [1.29, 1.82) is 0 Å². The Balaban J connectivity index is 1.57. The lowest BCUT2D eigenvalue weighted by Gasteiger charge is -2.42. The molecule has 0 bridgehead atoms. The first-order valence-corrected chi connectivity index (χ1v) is 9.22.